The van der Waals surface area contributed by atoms with Crippen LogP contribution < -0.4 is 5.32 Å². The number of nitrogens with zero attached hydrogens (tertiary/aromatic N) is 1. The number of carbonyl (C=O) groups is 2. The number of nitrogens with one attached hydrogen (secondary N) is 1. The highest BCUT2D eigenvalue weighted by molar-refractivity contribution is 5.82. The third-order valence-electron chi connectivity index (χ3n) is 1.81. The molecule has 0 atom stereocenters. The van der Waals surface area contributed by atoms with E-state index in [0.29, 0.717) is 6.61 Å². The normalized spacial score (nSPS) is 11.3. The molecule has 0 aromatic rings. The van der Waals surface area contributed by atoms with Crippen molar-refractivity contribution >= 4 is 11.9 Å². The number of carboxylic acid groups (broad SMARTS) is 1. The lowest BCUT2D eigenvalue weighted by atomic mass is 10.4. The second-order valence-corrected chi connectivity index (χ2v) is 3.43. The summed E-state index contributed by atoms with van der Waals surface area (Å²) in [5.41, 5.74) is 0. The zero-order valence-corrected chi connectivity index (χ0v) is 9.79. The van der Waals surface area contributed by atoms with Gasteiger partial charge in [0.1, 0.15) is 13.1 Å². The first-order valence-electron chi connectivity index (χ1n) is 5.02. The lowest BCUT2D eigenvalue weighted by molar-refractivity contribution is -0.165. The van der Waals surface area contributed by atoms with E-state index in [9.17, 15) is 22.8 Å². The zero-order chi connectivity index (χ0) is 14.2. The molecular formula is C9H15F3N2O4. The Hall–Kier alpha value is -1.35. The molecule has 0 aliphatic rings. The van der Waals surface area contributed by atoms with Crippen molar-refractivity contribution in [2.24, 2.45) is 0 Å². The summed E-state index contributed by atoms with van der Waals surface area (Å²) in [5.74, 6) is -2.42. The minimum absolute atomic E-state index is 0.238. The first kappa shape index (κ1) is 16.6. The highest BCUT2D eigenvalue weighted by Gasteiger charge is 2.33. The Balaban J connectivity index is 4.27. The molecule has 0 aliphatic carbocycles. The molecule has 0 aromatic carbocycles. The molecule has 0 bridgehead atoms. The summed E-state index contributed by atoms with van der Waals surface area (Å²) in [4.78, 5) is 22.0. The summed E-state index contributed by atoms with van der Waals surface area (Å²) < 4.78 is 41.1. The van der Waals surface area contributed by atoms with Gasteiger partial charge in [0, 0.05) is 13.7 Å². The molecular weight excluding hydrogens is 257 g/mol. The second-order valence-electron chi connectivity index (χ2n) is 3.43. The predicted molar refractivity (Wildman–Crippen MR) is 55.0 cm³/mol. The van der Waals surface area contributed by atoms with Crippen LogP contribution >= 0.6 is 0 Å². The average molecular weight is 272 g/mol. The largest absolute Gasteiger partial charge is 0.480 e. The van der Waals surface area contributed by atoms with Crippen molar-refractivity contribution in [3.63, 3.8) is 0 Å². The number of amides is 1. The van der Waals surface area contributed by atoms with E-state index < -0.39 is 31.1 Å². The summed E-state index contributed by atoms with van der Waals surface area (Å²) in [6, 6.07) is 0. The van der Waals surface area contributed by atoms with Gasteiger partial charge in [-0.1, -0.05) is 0 Å². The van der Waals surface area contributed by atoms with E-state index in [1.165, 1.54) is 7.11 Å². The molecule has 0 aromatic heterocycles. The SMILES string of the molecule is COCCNCC(=O)N(CC(=O)O)CC(F)(F)F. The van der Waals surface area contributed by atoms with Crippen LogP contribution in [0.1, 0.15) is 0 Å². The van der Waals surface area contributed by atoms with Gasteiger partial charge in [-0.15, -0.1) is 0 Å². The number of carboxylic acids is 1. The van der Waals surface area contributed by atoms with Crippen molar-refractivity contribution in [1.29, 1.82) is 0 Å². The summed E-state index contributed by atoms with van der Waals surface area (Å²) >= 11 is 0. The standard InChI is InChI=1S/C9H15F3N2O4/c1-18-3-2-13-4-7(15)14(5-8(16)17)6-9(10,11)12/h13H,2-6H2,1H3,(H,16,17). The van der Waals surface area contributed by atoms with Crippen molar-refractivity contribution in [2.45, 2.75) is 6.18 Å². The molecule has 9 heteroatoms. The number of hydrogen-bond donors (Lipinski definition) is 2. The van der Waals surface area contributed by atoms with Crippen LogP contribution in [0.15, 0.2) is 0 Å². The van der Waals surface area contributed by atoms with Gasteiger partial charge in [-0.3, -0.25) is 9.59 Å². The molecule has 1 amide bonds. The fourth-order valence-corrected chi connectivity index (χ4v) is 1.09. The third-order valence-corrected chi connectivity index (χ3v) is 1.81. The maximum Gasteiger partial charge on any atom is 0.406 e. The van der Waals surface area contributed by atoms with Crippen molar-refractivity contribution in [3.05, 3.63) is 0 Å². The van der Waals surface area contributed by atoms with Gasteiger partial charge >= 0.3 is 12.1 Å². The van der Waals surface area contributed by atoms with Crippen molar-refractivity contribution in [1.82, 2.24) is 10.2 Å². The second kappa shape index (κ2) is 7.88. The first-order chi connectivity index (χ1) is 8.26. The van der Waals surface area contributed by atoms with Crippen LogP contribution in [0.4, 0.5) is 13.2 Å². The van der Waals surface area contributed by atoms with Gasteiger partial charge in [-0.2, -0.15) is 13.2 Å². The zero-order valence-electron chi connectivity index (χ0n) is 9.79. The minimum atomic E-state index is -4.63. The lowest BCUT2D eigenvalue weighted by Gasteiger charge is -2.22. The summed E-state index contributed by atoms with van der Waals surface area (Å²) in [5, 5.41) is 11.0. The third kappa shape index (κ3) is 8.76. The molecule has 0 saturated carbocycles. The van der Waals surface area contributed by atoms with Crippen LogP contribution in [0.3, 0.4) is 0 Å². The number of carbonyl (C=O) groups excluding carboxylic acids is 1. The summed E-state index contributed by atoms with van der Waals surface area (Å²) in [6.07, 6.45) is -4.63. The molecule has 0 rings (SSSR count). The van der Waals surface area contributed by atoms with E-state index in [1.54, 1.807) is 0 Å². The van der Waals surface area contributed by atoms with Crippen LogP contribution in [0.2, 0.25) is 0 Å². The van der Waals surface area contributed by atoms with Gasteiger partial charge in [0.25, 0.3) is 0 Å². The highest BCUT2D eigenvalue weighted by atomic mass is 19.4. The molecule has 0 spiro atoms. The van der Waals surface area contributed by atoms with E-state index >= 15 is 0 Å². The molecule has 106 valence electrons. The van der Waals surface area contributed by atoms with Gasteiger partial charge in [0.05, 0.1) is 13.2 Å². The summed E-state index contributed by atoms with van der Waals surface area (Å²) in [7, 11) is 1.43. The Kier molecular flexibility index (Phi) is 7.29. The monoisotopic (exact) mass is 272 g/mol. The minimum Gasteiger partial charge on any atom is -0.480 e. The molecule has 6 nitrogen and oxygen atoms in total. The predicted octanol–water partition coefficient (Wildman–Crippen LogP) is -0.302. The summed E-state index contributed by atoms with van der Waals surface area (Å²) in [6.45, 7) is -2.35. The fourth-order valence-electron chi connectivity index (χ4n) is 1.09. The van der Waals surface area contributed by atoms with Crippen LogP contribution in [-0.2, 0) is 14.3 Å². The van der Waals surface area contributed by atoms with E-state index in [4.69, 9.17) is 5.11 Å². The maximum atomic E-state index is 12.1. The number of methoxy groups -OCH3 is 1. The molecule has 2 N–H and O–H groups in total. The Bertz CT molecular complexity index is 283. The van der Waals surface area contributed by atoms with Gasteiger partial charge in [0.15, 0.2) is 0 Å². The molecule has 0 aliphatic heterocycles. The lowest BCUT2D eigenvalue weighted by Crippen LogP contribution is -2.46. The number of rotatable bonds is 8. The van der Waals surface area contributed by atoms with Gasteiger partial charge < -0.3 is 20.1 Å². The molecule has 0 unspecified atom stereocenters. The number of alkyl halides is 3. The van der Waals surface area contributed by atoms with Crippen molar-refractivity contribution in [2.75, 3.05) is 39.9 Å². The maximum absolute atomic E-state index is 12.1. The van der Waals surface area contributed by atoms with Crippen LogP contribution in [0, 0.1) is 0 Å². The van der Waals surface area contributed by atoms with Gasteiger partial charge in [-0.05, 0) is 0 Å². The number of aliphatic carboxylic acids is 1. The Morgan fingerprint density at radius 3 is 2.44 bits per heavy atom. The van der Waals surface area contributed by atoms with Crippen LogP contribution in [0.25, 0.3) is 0 Å². The van der Waals surface area contributed by atoms with Crippen LogP contribution in [-0.4, -0.2) is 68.0 Å². The highest BCUT2D eigenvalue weighted by Crippen LogP contribution is 2.16. The first-order valence-corrected chi connectivity index (χ1v) is 5.02. The van der Waals surface area contributed by atoms with E-state index in [1.807, 2.05) is 0 Å². The molecule has 0 radical (unpaired) electrons. The van der Waals surface area contributed by atoms with Gasteiger partial charge in [-0.25, -0.2) is 0 Å². The van der Waals surface area contributed by atoms with E-state index in [2.05, 4.69) is 10.1 Å². The van der Waals surface area contributed by atoms with E-state index in [0.717, 1.165) is 0 Å². The average Bonchev–Trinajstić information content (AvgIpc) is 2.20. The molecule has 0 heterocycles. The topological polar surface area (TPSA) is 78.9 Å². The van der Waals surface area contributed by atoms with E-state index in [-0.39, 0.29) is 18.0 Å². The smallest absolute Gasteiger partial charge is 0.406 e. The molecule has 18 heavy (non-hydrogen) atoms. The van der Waals surface area contributed by atoms with Gasteiger partial charge in [0.2, 0.25) is 5.91 Å². The Labute approximate surface area is 102 Å². The quantitative estimate of drug-likeness (QED) is 0.593. The van der Waals surface area contributed by atoms with Crippen LogP contribution in [0.5, 0.6) is 0 Å². The number of halogens is 3. The van der Waals surface area contributed by atoms with Crippen molar-refractivity contribution in [3.8, 4) is 0 Å². The molecule has 0 saturated heterocycles. The van der Waals surface area contributed by atoms with Crippen molar-refractivity contribution < 1.29 is 32.6 Å². The molecule has 0 fully saturated rings. The Morgan fingerprint density at radius 1 is 1.39 bits per heavy atom. The Morgan fingerprint density at radius 2 is 2.00 bits per heavy atom. The number of ether oxygens (including phenoxy) is 1. The number of hydrogen-bond acceptors (Lipinski definition) is 4. The fraction of sp³-hybridized carbons (Fsp3) is 0.778.